The van der Waals surface area contributed by atoms with Gasteiger partial charge in [0.1, 0.15) is 6.04 Å². The van der Waals surface area contributed by atoms with Crippen LogP contribution >= 0.6 is 11.6 Å². The summed E-state index contributed by atoms with van der Waals surface area (Å²) in [6.45, 7) is 0.956. The molecule has 2 fully saturated rings. The topological polar surface area (TPSA) is 61.4 Å². The van der Waals surface area contributed by atoms with Crippen LogP contribution in [0, 0.1) is 0 Å². The number of rotatable bonds is 2. The van der Waals surface area contributed by atoms with Crippen LogP contribution in [0.5, 0.6) is 0 Å². The second kappa shape index (κ2) is 7.21. The Kier molecular flexibility index (Phi) is 5.06. The highest BCUT2D eigenvalue weighted by atomic mass is 35.5. The average Bonchev–Trinajstić information content (AvgIpc) is 2.56. The summed E-state index contributed by atoms with van der Waals surface area (Å²) in [6.07, 6.45) is 5.57. The van der Waals surface area contributed by atoms with E-state index in [4.69, 9.17) is 11.6 Å². The molecule has 0 radical (unpaired) electrons. The Morgan fingerprint density at radius 3 is 2.70 bits per heavy atom. The van der Waals surface area contributed by atoms with Crippen LogP contribution in [0.4, 0.5) is 4.79 Å². The molecule has 5 nitrogen and oxygen atoms in total. The molecule has 0 bridgehead atoms. The van der Waals surface area contributed by atoms with Crippen molar-refractivity contribution in [3.63, 3.8) is 0 Å². The number of halogens is 1. The van der Waals surface area contributed by atoms with Crippen molar-refractivity contribution < 1.29 is 9.59 Å². The zero-order valence-corrected chi connectivity index (χ0v) is 13.8. The van der Waals surface area contributed by atoms with Gasteiger partial charge in [0, 0.05) is 29.7 Å². The maximum Gasteiger partial charge on any atom is 0.318 e. The molecule has 2 aliphatic rings. The lowest BCUT2D eigenvalue weighted by Gasteiger charge is -2.37. The van der Waals surface area contributed by atoms with Crippen molar-refractivity contribution in [1.29, 1.82) is 0 Å². The third-order valence-corrected chi connectivity index (χ3v) is 4.95. The minimum Gasteiger partial charge on any atom is -0.352 e. The van der Waals surface area contributed by atoms with Crippen molar-refractivity contribution in [2.75, 3.05) is 13.1 Å². The minimum absolute atomic E-state index is 0.170. The third kappa shape index (κ3) is 3.61. The highest BCUT2D eigenvalue weighted by Crippen LogP contribution is 2.29. The Hall–Kier alpha value is -1.75. The van der Waals surface area contributed by atoms with Crippen LogP contribution in [-0.2, 0) is 4.79 Å². The Labute approximate surface area is 141 Å². The zero-order chi connectivity index (χ0) is 16.2. The summed E-state index contributed by atoms with van der Waals surface area (Å²) < 4.78 is 0. The number of hydrogen-bond acceptors (Lipinski definition) is 2. The van der Waals surface area contributed by atoms with E-state index in [-0.39, 0.29) is 18.0 Å². The Bertz CT molecular complexity index is 587. The SMILES string of the molecule is O=C1NCCN(C(=O)NC2CCCCC2)C1c1ccccc1Cl. The van der Waals surface area contributed by atoms with E-state index >= 15 is 0 Å². The second-order valence-electron chi connectivity index (χ2n) is 6.19. The van der Waals surface area contributed by atoms with E-state index < -0.39 is 6.04 Å². The standard InChI is InChI=1S/C17H22ClN3O2/c18-14-9-5-4-8-13(14)15-16(22)19-10-11-21(15)17(23)20-12-6-2-1-3-7-12/h4-5,8-9,12,15H,1-3,6-7,10-11H2,(H,19,22)(H,20,23). The molecular weight excluding hydrogens is 314 g/mol. The summed E-state index contributed by atoms with van der Waals surface area (Å²) in [6, 6.07) is 6.58. The summed E-state index contributed by atoms with van der Waals surface area (Å²) >= 11 is 6.25. The van der Waals surface area contributed by atoms with Crippen LogP contribution in [-0.4, -0.2) is 36.0 Å². The highest BCUT2D eigenvalue weighted by Gasteiger charge is 2.36. The zero-order valence-electron chi connectivity index (χ0n) is 13.1. The first-order chi connectivity index (χ1) is 11.2. The van der Waals surface area contributed by atoms with Gasteiger partial charge in [-0.25, -0.2) is 4.79 Å². The molecule has 6 heteroatoms. The van der Waals surface area contributed by atoms with Crippen LogP contribution in [0.3, 0.4) is 0 Å². The molecule has 1 aromatic rings. The summed E-state index contributed by atoms with van der Waals surface area (Å²) in [7, 11) is 0. The predicted octanol–water partition coefficient (Wildman–Crippen LogP) is 2.86. The molecule has 0 spiro atoms. The van der Waals surface area contributed by atoms with E-state index in [1.807, 2.05) is 12.1 Å². The van der Waals surface area contributed by atoms with E-state index in [2.05, 4.69) is 10.6 Å². The number of benzene rings is 1. The molecule has 1 heterocycles. The van der Waals surface area contributed by atoms with Gasteiger partial charge in [0.15, 0.2) is 0 Å². The van der Waals surface area contributed by atoms with Gasteiger partial charge < -0.3 is 15.5 Å². The highest BCUT2D eigenvalue weighted by molar-refractivity contribution is 6.31. The van der Waals surface area contributed by atoms with Gasteiger partial charge in [0.2, 0.25) is 5.91 Å². The molecule has 1 aromatic carbocycles. The maximum absolute atomic E-state index is 12.7. The van der Waals surface area contributed by atoms with Crippen molar-refractivity contribution in [2.45, 2.75) is 44.2 Å². The molecule has 1 aliphatic heterocycles. The Morgan fingerprint density at radius 2 is 1.96 bits per heavy atom. The van der Waals surface area contributed by atoms with Crippen LogP contribution in [0.1, 0.15) is 43.7 Å². The smallest absolute Gasteiger partial charge is 0.318 e. The molecule has 124 valence electrons. The third-order valence-electron chi connectivity index (χ3n) is 4.61. The molecule has 1 saturated heterocycles. The number of nitrogens with zero attached hydrogens (tertiary/aromatic N) is 1. The molecule has 0 aromatic heterocycles. The molecular formula is C17H22ClN3O2. The van der Waals surface area contributed by atoms with Gasteiger partial charge in [-0.05, 0) is 18.9 Å². The van der Waals surface area contributed by atoms with Gasteiger partial charge in [0.25, 0.3) is 0 Å². The monoisotopic (exact) mass is 335 g/mol. The van der Waals surface area contributed by atoms with Crippen LogP contribution < -0.4 is 10.6 Å². The summed E-state index contributed by atoms with van der Waals surface area (Å²) in [4.78, 5) is 26.7. The van der Waals surface area contributed by atoms with E-state index in [9.17, 15) is 9.59 Å². The van der Waals surface area contributed by atoms with E-state index in [0.29, 0.717) is 23.7 Å². The van der Waals surface area contributed by atoms with E-state index in [1.165, 1.54) is 6.42 Å². The van der Waals surface area contributed by atoms with Gasteiger partial charge >= 0.3 is 6.03 Å². The predicted molar refractivity (Wildman–Crippen MR) is 89.3 cm³/mol. The number of amides is 3. The molecule has 23 heavy (non-hydrogen) atoms. The van der Waals surface area contributed by atoms with E-state index in [0.717, 1.165) is 25.7 Å². The van der Waals surface area contributed by atoms with Crippen LogP contribution in [0.15, 0.2) is 24.3 Å². The molecule has 1 aliphatic carbocycles. The molecule has 1 unspecified atom stereocenters. The van der Waals surface area contributed by atoms with Gasteiger partial charge in [-0.1, -0.05) is 49.1 Å². The van der Waals surface area contributed by atoms with Crippen molar-refractivity contribution >= 4 is 23.5 Å². The van der Waals surface area contributed by atoms with Gasteiger partial charge in [-0.15, -0.1) is 0 Å². The number of hydrogen-bond donors (Lipinski definition) is 2. The average molecular weight is 336 g/mol. The van der Waals surface area contributed by atoms with Gasteiger partial charge in [-0.2, -0.15) is 0 Å². The lowest BCUT2D eigenvalue weighted by atomic mass is 9.95. The van der Waals surface area contributed by atoms with Gasteiger partial charge in [0.05, 0.1) is 0 Å². The number of nitrogens with one attached hydrogen (secondary N) is 2. The van der Waals surface area contributed by atoms with Crippen molar-refractivity contribution in [3.8, 4) is 0 Å². The van der Waals surface area contributed by atoms with Crippen molar-refractivity contribution in [2.24, 2.45) is 0 Å². The quantitative estimate of drug-likeness (QED) is 0.873. The Morgan fingerprint density at radius 1 is 1.22 bits per heavy atom. The molecule has 2 N–H and O–H groups in total. The van der Waals surface area contributed by atoms with Crippen molar-refractivity contribution in [1.82, 2.24) is 15.5 Å². The lowest BCUT2D eigenvalue weighted by molar-refractivity contribution is -0.127. The summed E-state index contributed by atoms with van der Waals surface area (Å²) in [5.41, 5.74) is 0.671. The minimum atomic E-state index is -0.666. The van der Waals surface area contributed by atoms with Gasteiger partial charge in [-0.3, -0.25) is 4.79 Å². The first-order valence-corrected chi connectivity index (χ1v) is 8.64. The van der Waals surface area contributed by atoms with Crippen molar-refractivity contribution in [3.05, 3.63) is 34.9 Å². The number of urea groups is 1. The fourth-order valence-corrected chi connectivity index (χ4v) is 3.64. The van der Waals surface area contributed by atoms with E-state index in [1.54, 1.807) is 17.0 Å². The second-order valence-corrected chi connectivity index (χ2v) is 6.60. The summed E-state index contributed by atoms with van der Waals surface area (Å²) in [5.74, 6) is -0.178. The largest absolute Gasteiger partial charge is 0.352 e. The van der Waals surface area contributed by atoms with Crippen LogP contribution in [0.25, 0.3) is 0 Å². The lowest BCUT2D eigenvalue weighted by Crippen LogP contribution is -2.56. The molecule has 3 amide bonds. The van der Waals surface area contributed by atoms with Crippen LogP contribution in [0.2, 0.25) is 5.02 Å². The number of piperazine rings is 1. The first kappa shape index (κ1) is 16.1. The number of carbonyl (C=O) groups is 2. The fraction of sp³-hybridized carbons (Fsp3) is 0.529. The number of carbonyl (C=O) groups excluding carboxylic acids is 2. The maximum atomic E-state index is 12.7. The normalized spacial score (nSPS) is 22.6. The molecule has 1 saturated carbocycles. The molecule has 3 rings (SSSR count). The Balaban J connectivity index is 1.79. The fourth-order valence-electron chi connectivity index (χ4n) is 3.40. The molecule has 1 atom stereocenters. The first-order valence-electron chi connectivity index (χ1n) is 8.26. The summed E-state index contributed by atoms with van der Waals surface area (Å²) in [5, 5.41) is 6.42.